The van der Waals surface area contributed by atoms with Gasteiger partial charge in [0.25, 0.3) is 0 Å². The summed E-state index contributed by atoms with van der Waals surface area (Å²) in [7, 11) is 0. The van der Waals surface area contributed by atoms with Gasteiger partial charge in [-0.05, 0) is 31.7 Å². The first kappa shape index (κ1) is 12.2. The first-order valence-electron chi connectivity index (χ1n) is 5.75. The first-order chi connectivity index (χ1) is 8.11. The number of nitrogens with zero attached hydrogens (tertiary/aromatic N) is 2. The minimum Gasteiger partial charge on any atom is -0.478 e. The Balaban J connectivity index is 2.23. The quantitative estimate of drug-likeness (QED) is 0.878. The summed E-state index contributed by atoms with van der Waals surface area (Å²) in [5, 5.41) is 9.19. The summed E-state index contributed by atoms with van der Waals surface area (Å²) in [6, 6.07) is 1.55. The molecule has 0 unspecified atom stereocenters. The van der Waals surface area contributed by atoms with Gasteiger partial charge < -0.3 is 10.0 Å². The zero-order valence-electron chi connectivity index (χ0n) is 9.69. The van der Waals surface area contributed by atoms with Crippen LogP contribution in [0.2, 0.25) is 5.02 Å². The van der Waals surface area contributed by atoms with Gasteiger partial charge in [0.05, 0.1) is 10.6 Å². The van der Waals surface area contributed by atoms with Crippen LogP contribution < -0.4 is 4.90 Å². The molecule has 92 valence electrons. The number of anilines is 1. The number of carboxylic acid groups (broad SMARTS) is 1. The number of hydrogen-bond acceptors (Lipinski definition) is 3. The van der Waals surface area contributed by atoms with Crippen molar-refractivity contribution in [3.63, 3.8) is 0 Å². The molecule has 4 nitrogen and oxygen atoms in total. The number of aromatic carboxylic acids is 1. The Bertz CT molecular complexity index is 433. The molecular formula is C12H15ClN2O2. The van der Waals surface area contributed by atoms with E-state index in [9.17, 15) is 4.79 Å². The van der Waals surface area contributed by atoms with Crippen molar-refractivity contribution >= 4 is 23.4 Å². The van der Waals surface area contributed by atoms with Gasteiger partial charge in [0.15, 0.2) is 0 Å². The zero-order valence-corrected chi connectivity index (χ0v) is 10.4. The molecule has 1 saturated carbocycles. The van der Waals surface area contributed by atoms with E-state index in [0.29, 0.717) is 5.82 Å². The van der Waals surface area contributed by atoms with Crippen molar-refractivity contribution in [2.45, 2.75) is 19.8 Å². The van der Waals surface area contributed by atoms with Crippen LogP contribution in [0.25, 0.3) is 0 Å². The van der Waals surface area contributed by atoms with E-state index in [4.69, 9.17) is 16.7 Å². The molecule has 5 heteroatoms. The molecule has 17 heavy (non-hydrogen) atoms. The second-order valence-corrected chi connectivity index (χ2v) is 4.72. The second kappa shape index (κ2) is 4.92. The van der Waals surface area contributed by atoms with E-state index >= 15 is 0 Å². The predicted octanol–water partition coefficient (Wildman–Crippen LogP) is 2.67. The predicted molar refractivity (Wildman–Crippen MR) is 66.8 cm³/mol. The van der Waals surface area contributed by atoms with Gasteiger partial charge in [-0.2, -0.15) is 0 Å². The molecule has 1 N–H and O–H groups in total. The van der Waals surface area contributed by atoms with Crippen LogP contribution in [0.5, 0.6) is 0 Å². The van der Waals surface area contributed by atoms with E-state index in [-0.39, 0.29) is 10.6 Å². The number of carboxylic acids is 1. The lowest BCUT2D eigenvalue weighted by Gasteiger charge is -2.22. The van der Waals surface area contributed by atoms with E-state index in [2.05, 4.69) is 9.88 Å². The van der Waals surface area contributed by atoms with Gasteiger partial charge in [0, 0.05) is 19.3 Å². The smallest absolute Gasteiger partial charge is 0.337 e. The lowest BCUT2D eigenvalue weighted by molar-refractivity contribution is 0.0697. The zero-order chi connectivity index (χ0) is 12.4. The highest BCUT2D eigenvalue weighted by molar-refractivity contribution is 6.33. The molecule has 1 aromatic rings. The Morgan fingerprint density at radius 2 is 2.35 bits per heavy atom. The maximum Gasteiger partial charge on any atom is 0.337 e. The Hall–Kier alpha value is -1.29. The molecule has 0 bridgehead atoms. The van der Waals surface area contributed by atoms with Crippen LogP contribution in [0, 0.1) is 5.92 Å². The molecule has 1 heterocycles. The minimum absolute atomic E-state index is 0.117. The van der Waals surface area contributed by atoms with Crippen molar-refractivity contribution in [1.82, 2.24) is 4.98 Å². The molecule has 1 aliphatic rings. The van der Waals surface area contributed by atoms with Crippen LogP contribution in [-0.4, -0.2) is 29.1 Å². The lowest BCUT2D eigenvalue weighted by Crippen LogP contribution is -2.26. The monoisotopic (exact) mass is 254 g/mol. The van der Waals surface area contributed by atoms with Crippen molar-refractivity contribution in [2.75, 3.05) is 18.0 Å². The average Bonchev–Trinajstić information content (AvgIpc) is 3.10. The van der Waals surface area contributed by atoms with Crippen LogP contribution in [0.4, 0.5) is 5.82 Å². The minimum atomic E-state index is -1.01. The third-order valence-corrected chi connectivity index (χ3v) is 3.25. The second-order valence-electron chi connectivity index (χ2n) is 4.31. The third-order valence-electron chi connectivity index (χ3n) is 2.95. The summed E-state index contributed by atoms with van der Waals surface area (Å²) < 4.78 is 0. The van der Waals surface area contributed by atoms with Gasteiger partial charge in [0.2, 0.25) is 0 Å². The van der Waals surface area contributed by atoms with Gasteiger partial charge in [-0.3, -0.25) is 0 Å². The van der Waals surface area contributed by atoms with E-state index in [0.717, 1.165) is 19.0 Å². The van der Waals surface area contributed by atoms with Gasteiger partial charge in [0.1, 0.15) is 5.82 Å². The molecule has 1 aromatic heterocycles. The van der Waals surface area contributed by atoms with E-state index in [1.54, 1.807) is 6.07 Å². The number of rotatable bonds is 5. The molecule has 0 amide bonds. The van der Waals surface area contributed by atoms with Crippen LogP contribution in [0.3, 0.4) is 0 Å². The van der Waals surface area contributed by atoms with Gasteiger partial charge in [-0.25, -0.2) is 9.78 Å². The van der Waals surface area contributed by atoms with Gasteiger partial charge >= 0.3 is 5.97 Å². The number of pyridine rings is 1. The standard InChI is InChI=1S/C12H15ClN2O2/c1-2-15(7-8-3-4-8)11-5-9(12(16)17)10(13)6-14-11/h5-6,8H,2-4,7H2,1H3,(H,16,17). The SMILES string of the molecule is CCN(CC1CC1)c1cc(C(=O)O)c(Cl)cn1. The van der Waals surface area contributed by atoms with Crippen LogP contribution in [0.1, 0.15) is 30.1 Å². The summed E-state index contributed by atoms with van der Waals surface area (Å²) in [5.41, 5.74) is 0.117. The summed E-state index contributed by atoms with van der Waals surface area (Å²) in [6.07, 6.45) is 3.93. The summed E-state index contributed by atoms with van der Waals surface area (Å²) in [4.78, 5) is 17.3. The molecule has 0 aromatic carbocycles. The van der Waals surface area contributed by atoms with Crippen LogP contribution >= 0.6 is 11.6 Å². The van der Waals surface area contributed by atoms with Crippen molar-refractivity contribution < 1.29 is 9.90 Å². The fraction of sp³-hybridized carbons (Fsp3) is 0.500. The van der Waals surface area contributed by atoms with E-state index < -0.39 is 5.97 Å². The maximum atomic E-state index is 11.0. The fourth-order valence-electron chi connectivity index (χ4n) is 1.76. The van der Waals surface area contributed by atoms with Crippen LogP contribution in [-0.2, 0) is 0 Å². The molecule has 0 saturated heterocycles. The molecule has 2 rings (SSSR count). The van der Waals surface area contributed by atoms with E-state index in [1.807, 2.05) is 6.92 Å². The molecule has 1 aliphatic carbocycles. The number of hydrogen-bond donors (Lipinski definition) is 1. The van der Waals surface area contributed by atoms with Gasteiger partial charge in [-0.1, -0.05) is 11.6 Å². The largest absolute Gasteiger partial charge is 0.478 e. The Kier molecular flexibility index (Phi) is 3.52. The van der Waals surface area contributed by atoms with Crippen molar-refractivity contribution in [2.24, 2.45) is 5.92 Å². The van der Waals surface area contributed by atoms with Crippen molar-refractivity contribution in [3.8, 4) is 0 Å². The number of aromatic nitrogens is 1. The summed E-state index contributed by atoms with van der Waals surface area (Å²) >= 11 is 5.80. The average molecular weight is 255 g/mol. The Labute approximate surface area is 105 Å². The molecule has 0 aliphatic heterocycles. The summed E-state index contributed by atoms with van der Waals surface area (Å²) in [5.74, 6) is 0.419. The van der Waals surface area contributed by atoms with Crippen molar-refractivity contribution in [3.05, 3.63) is 22.8 Å². The molecule has 1 fully saturated rings. The Morgan fingerprint density at radius 1 is 1.65 bits per heavy atom. The number of carbonyl (C=O) groups is 1. The highest BCUT2D eigenvalue weighted by atomic mass is 35.5. The fourth-order valence-corrected chi connectivity index (χ4v) is 1.95. The summed E-state index contributed by atoms with van der Waals surface area (Å²) in [6.45, 7) is 3.81. The number of halogens is 1. The highest BCUT2D eigenvalue weighted by Crippen LogP contribution is 2.31. The maximum absolute atomic E-state index is 11.0. The van der Waals surface area contributed by atoms with E-state index in [1.165, 1.54) is 19.0 Å². The normalized spacial score (nSPS) is 14.7. The molecule has 0 spiro atoms. The third kappa shape index (κ3) is 2.88. The highest BCUT2D eigenvalue weighted by Gasteiger charge is 2.24. The lowest BCUT2D eigenvalue weighted by atomic mass is 10.2. The van der Waals surface area contributed by atoms with Gasteiger partial charge in [-0.15, -0.1) is 0 Å². The molecule has 0 radical (unpaired) electrons. The molecular weight excluding hydrogens is 240 g/mol. The Morgan fingerprint density at radius 3 is 2.88 bits per heavy atom. The van der Waals surface area contributed by atoms with Crippen molar-refractivity contribution in [1.29, 1.82) is 0 Å². The molecule has 0 atom stereocenters. The topological polar surface area (TPSA) is 53.4 Å². The first-order valence-corrected chi connectivity index (χ1v) is 6.13. The van der Waals surface area contributed by atoms with Crippen LogP contribution in [0.15, 0.2) is 12.3 Å².